The van der Waals surface area contributed by atoms with E-state index in [2.05, 4.69) is 22.4 Å². The van der Waals surface area contributed by atoms with Crippen molar-refractivity contribution in [1.82, 2.24) is 4.90 Å². The summed E-state index contributed by atoms with van der Waals surface area (Å²) in [4.78, 5) is 14.6. The lowest BCUT2D eigenvalue weighted by atomic mass is 9.98. The molecule has 0 aliphatic carbocycles. The van der Waals surface area contributed by atoms with Gasteiger partial charge in [-0.2, -0.15) is 0 Å². The molecule has 0 atom stereocenters. The highest BCUT2D eigenvalue weighted by Crippen LogP contribution is 2.40. The van der Waals surface area contributed by atoms with Gasteiger partial charge in [-0.05, 0) is 55.7 Å². The van der Waals surface area contributed by atoms with E-state index in [1.54, 1.807) is 29.5 Å². The summed E-state index contributed by atoms with van der Waals surface area (Å²) < 4.78 is 5.89. The number of carboxylic acids is 1. The van der Waals surface area contributed by atoms with Crippen LogP contribution >= 0.6 is 23.7 Å². The molecule has 2 aromatic rings. The lowest BCUT2D eigenvalue weighted by Crippen LogP contribution is -2.12. The van der Waals surface area contributed by atoms with Crippen LogP contribution in [0.4, 0.5) is 0 Å². The molecule has 0 saturated carbocycles. The number of carbonyl (C=O) groups is 1. The summed E-state index contributed by atoms with van der Waals surface area (Å²) in [5.41, 5.74) is 3.38. The lowest BCUT2D eigenvalue weighted by Gasteiger charge is -2.12. The summed E-state index contributed by atoms with van der Waals surface area (Å²) in [7, 11) is 4.09. The van der Waals surface area contributed by atoms with E-state index in [9.17, 15) is 9.90 Å². The fourth-order valence-corrected chi connectivity index (χ4v) is 3.60. The zero-order valence-electron chi connectivity index (χ0n) is 13.6. The monoisotopic (exact) mass is 365 g/mol. The SMILES string of the molecule is CN(C)CC/C=C1\c2cc(C(=O)O)ccc2OCc2ccsc21.Cl. The minimum absolute atomic E-state index is 0. The Labute approximate surface area is 151 Å². The summed E-state index contributed by atoms with van der Waals surface area (Å²) in [5, 5.41) is 11.3. The number of carboxylic acid groups (broad SMARTS) is 1. The quantitative estimate of drug-likeness (QED) is 0.884. The molecule has 0 spiro atoms. The summed E-state index contributed by atoms with van der Waals surface area (Å²) >= 11 is 1.67. The third-order valence-electron chi connectivity index (χ3n) is 3.82. The van der Waals surface area contributed by atoms with Gasteiger partial charge in [0.1, 0.15) is 12.4 Å². The molecule has 3 rings (SSSR count). The Morgan fingerprint density at radius 1 is 1.38 bits per heavy atom. The largest absolute Gasteiger partial charge is 0.488 e. The molecule has 1 aromatic heterocycles. The maximum Gasteiger partial charge on any atom is 0.335 e. The number of benzene rings is 1. The van der Waals surface area contributed by atoms with Gasteiger partial charge < -0.3 is 14.7 Å². The van der Waals surface area contributed by atoms with Gasteiger partial charge >= 0.3 is 5.97 Å². The highest BCUT2D eigenvalue weighted by atomic mass is 35.5. The Morgan fingerprint density at radius 2 is 2.17 bits per heavy atom. The molecule has 0 radical (unpaired) electrons. The molecule has 128 valence electrons. The van der Waals surface area contributed by atoms with Gasteiger partial charge in [0.15, 0.2) is 0 Å². The van der Waals surface area contributed by atoms with Gasteiger partial charge in [-0.1, -0.05) is 6.08 Å². The number of fused-ring (bicyclic) bond motifs is 2. The molecule has 2 heterocycles. The zero-order valence-corrected chi connectivity index (χ0v) is 15.2. The molecule has 1 aliphatic heterocycles. The van der Waals surface area contributed by atoms with Gasteiger partial charge in [0, 0.05) is 22.5 Å². The first-order valence-corrected chi connectivity index (χ1v) is 8.36. The van der Waals surface area contributed by atoms with Crippen LogP contribution in [0.15, 0.2) is 35.7 Å². The Hall–Kier alpha value is -1.82. The predicted octanol–water partition coefficient (Wildman–Crippen LogP) is 4.14. The number of nitrogens with zero attached hydrogens (tertiary/aromatic N) is 1. The summed E-state index contributed by atoms with van der Waals surface area (Å²) in [6, 6.07) is 7.14. The molecule has 24 heavy (non-hydrogen) atoms. The van der Waals surface area contributed by atoms with Crippen molar-refractivity contribution < 1.29 is 14.6 Å². The Balaban J connectivity index is 0.00000208. The molecule has 0 fully saturated rings. The second-order valence-corrected chi connectivity index (χ2v) is 6.71. The van der Waals surface area contributed by atoms with Crippen LogP contribution in [-0.2, 0) is 6.61 Å². The van der Waals surface area contributed by atoms with E-state index < -0.39 is 5.97 Å². The average Bonchev–Trinajstić information content (AvgIpc) is 2.92. The van der Waals surface area contributed by atoms with Crippen LogP contribution < -0.4 is 4.74 Å². The second-order valence-electron chi connectivity index (χ2n) is 5.79. The molecular formula is C18H20ClNO3S. The van der Waals surface area contributed by atoms with E-state index in [0.29, 0.717) is 6.61 Å². The molecule has 1 N–H and O–H groups in total. The first-order chi connectivity index (χ1) is 11.1. The van der Waals surface area contributed by atoms with Crippen molar-refractivity contribution in [3.05, 3.63) is 57.3 Å². The van der Waals surface area contributed by atoms with Crippen molar-refractivity contribution in [2.75, 3.05) is 20.6 Å². The van der Waals surface area contributed by atoms with Gasteiger partial charge in [0.25, 0.3) is 0 Å². The number of hydrogen-bond acceptors (Lipinski definition) is 4. The predicted molar refractivity (Wildman–Crippen MR) is 99.6 cm³/mol. The maximum absolute atomic E-state index is 11.3. The number of thiophene rings is 1. The van der Waals surface area contributed by atoms with Crippen LogP contribution in [0.3, 0.4) is 0 Å². The summed E-state index contributed by atoms with van der Waals surface area (Å²) in [6.07, 6.45) is 3.09. The lowest BCUT2D eigenvalue weighted by molar-refractivity contribution is 0.0697. The summed E-state index contributed by atoms with van der Waals surface area (Å²) in [6.45, 7) is 1.46. The molecule has 4 nitrogen and oxygen atoms in total. The van der Waals surface area contributed by atoms with Crippen LogP contribution in [0, 0.1) is 0 Å². The smallest absolute Gasteiger partial charge is 0.335 e. The first-order valence-electron chi connectivity index (χ1n) is 7.48. The normalized spacial score (nSPS) is 14.4. The van der Waals surface area contributed by atoms with E-state index in [-0.39, 0.29) is 18.0 Å². The Bertz CT molecular complexity index is 767. The van der Waals surface area contributed by atoms with Crippen LogP contribution in [-0.4, -0.2) is 36.6 Å². The fourth-order valence-electron chi connectivity index (χ4n) is 2.63. The number of halogens is 1. The average molecular weight is 366 g/mol. The van der Waals surface area contributed by atoms with E-state index in [4.69, 9.17) is 4.74 Å². The molecule has 0 saturated heterocycles. The maximum atomic E-state index is 11.3. The topological polar surface area (TPSA) is 49.8 Å². The van der Waals surface area contributed by atoms with E-state index in [1.807, 2.05) is 14.1 Å². The van der Waals surface area contributed by atoms with Crippen molar-refractivity contribution >= 4 is 35.3 Å². The van der Waals surface area contributed by atoms with Crippen molar-refractivity contribution in [1.29, 1.82) is 0 Å². The molecule has 0 bridgehead atoms. The number of rotatable bonds is 4. The molecule has 0 unspecified atom stereocenters. The van der Waals surface area contributed by atoms with Crippen LogP contribution in [0.2, 0.25) is 0 Å². The van der Waals surface area contributed by atoms with E-state index >= 15 is 0 Å². The fraction of sp³-hybridized carbons (Fsp3) is 0.278. The Morgan fingerprint density at radius 3 is 2.88 bits per heavy atom. The Kier molecular flexibility index (Phi) is 6.04. The molecular weight excluding hydrogens is 346 g/mol. The van der Waals surface area contributed by atoms with Crippen LogP contribution in [0.5, 0.6) is 5.75 Å². The van der Waals surface area contributed by atoms with E-state index in [1.165, 1.54) is 4.88 Å². The van der Waals surface area contributed by atoms with Gasteiger partial charge in [-0.3, -0.25) is 0 Å². The third-order valence-corrected chi connectivity index (χ3v) is 4.81. The highest BCUT2D eigenvalue weighted by molar-refractivity contribution is 7.11. The minimum atomic E-state index is -0.920. The van der Waals surface area contributed by atoms with Crippen LogP contribution in [0.25, 0.3) is 5.57 Å². The van der Waals surface area contributed by atoms with Crippen LogP contribution in [0.1, 0.15) is 32.8 Å². The van der Waals surface area contributed by atoms with Gasteiger partial charge in [0.05, 0.1) is 5.56 Å². The number of ether oxygens (including phenoxy) is 1. The number of aromatic carboxylic acids is 1. The zero-order chi connectivity index (χ0) is 16.4. The highest BCUT2D eigenvalue weighted by Gasteiger charge is 2.21. The van der Waals surface area contributed by atoms with Crippen molar-refractivity contribution in [2.45, 2.75) is 13.0 Å². The second kappa shape index (κ2) is 7.83. The molecule has 6 heteroatoms. The van der Waals surface area contributed by atoms with Gasteiger partial charge in [0.2, 0.25) is 0 Å². The molecule has 1 aliphatic rings. The number of hydrogen-bond donors (Lipinski definition) is 1. The molecule has 1 aromatic carbocycles. The van der Waals surface area contributed by atoms with Crippen molar-refractivity contribution in [3.8, 4) is 5.75 Å². The van der Waals surface area contributed by atoms with Gasteiger partial charge in [-0.25, -0.2) is 4.79 Å². The minimum Gasteiger partial charge on any atom is -0.488 e. The van der Waals surface area contributed by atoms with Crippen molar-refractivity contribution in [3.63, 3.8) is 0 Å². The van der Waals surface area contributed by atoms with E-state index in [0.717, 1.165) is 35.4 Å². The van der Waals surface area contributed by atoms with Crippen molar-refractivity contribution in [2.24, 2.45) is 0 Å². The van der Waals surface area contributed by atoms with Gasteiger partial charge in [-0.15, -0.1) is 23.7 Å². The first kappa shape index (κ1) is 18.5. The summed E-state index contributed by atoms with van der Waals surface area (Å²) in [5.74, 6) is -0.175. The standard InChI is InChI=1S/C18H19NO3S.ClH/c1-19(2)8-3-4-14-15-10-12(18(20)21)5-6-16(15)22-11-13-7-9-23-17(13)14;/h4-7,9-10H,3,8,11H2,1-2H3,(H,20,21);1H/b14-4+;. The molecule has 0 amide bonds. The third kappa shape index (κ3) is 3.80.